The topological polar surface area (TPSA) is 47.6 Å². The lowest BCUT2D eigenvalue weighted by Gasteiger charge is -2.17. The minimum absolute atomic E-state index is 0.346. The van der Waals surface area contributed by atoms with Crippen LogP contribution in [0.4, 0.5) is 10.1 Å². The molecule has 0 aliphatic rings. The van der Waals surface area contributed by atoms with Gasteiger partial charge >= 0.3 is 7.52 Å². The van der Waals surface area contributed by atoms with Crippen LogP contribution in [-0.4, -0.2) is 13.8 Å². The highest BCUT2D eigenvalue weighted by atomic mass is 31.2. The van der Waals surface area contributed by atoms with Gasteiger partial charge in [-0.3, -0.25) is 4.57 Å². The standard InChI is InChI=1S/C14H15FNO3P/c1-18-13-9-5-12(6-10-13)16-20(2,17)19-14-7-3-11(15)4-8-14/h3-10H,1-2H3,(H,16,17). The quantitative estimate of drug-likeness (QED) is 0.842. The Labute approximate surface area is 117 Å². The van der Waals surface area contributed by atoms with E-state index in [1.165, 1.54) is 30.9 Å². The fraction of sp³-hybridized carbons (Fsp3) is 0.143. The molecule has 0 radical (unpaired) electrons. The van der Waals surface area contributed by atoms with E-state index in [9.17, 15) is 8.96 Å². The van der Waals surface area contributed by atoms with Gasteiger partial charge in [0.15, 0.2) is 0 Å². The normalized spacial score (nSPS) is 13.3. The van der Waals surface area contributed by atoms with Crippen molar-refractivity contribution in [1.29, 1.82) is 0 Å². The first-order valence-electron chi connectivity index (χ1n) is 5.93. The highest BCUT2D eigenvalue weighted by Crippen LogP contribution is 2.43. The lowest BCUT2D eigenvalue weighted by Crippen LogP contribution is -2.02. The van der Waals surface area contributed by atoms with Crippen LogP contribution in [0.1, 0.15) is 0 Å². The first-order valence-corrected chi connectivity index (χ1v) is 8.01. The molecule has 20 heavy (non-hydrogen) atoms. The maximum atomic E-state index is 12.8. The average Bonchev–Trinajstić information content (AvgIpc) is 2.41. The SMILES string of the molecule is COc1ccc(NP(C)(=O)Oc2ccc(F)cc2)cc1. The summed E-state index contributed by atoms with van der Waals surface area (Å²) in [5, 5.41) is 2.82. The van der Waals surface area contributed by atoms with Crippen LogP contribution in [0.15, 0.2) is 48.5 Å². The van der Waals surface area contributed by atoms with Gasteiger partial charge in [0, 0.05) is 12.4 Å². The Hall–Kier alpha value is -2.00. The van der Waals surface area contributed by atoms with Crippen molar-refractivity contribution in [2.45, 2.75) is 0 Å². The molecule has 2 rings (SSSR count). The molecule has 0 aromatic heterocycles. The molecule has 4 nitrogen and oxygen atoms in total. The molecule has 2 aromatic rings. The van der Waals surface area contributed by atoms with Crippen LogP contribution in [0.25, 0.3) is 0 Å². The summed E-state index contributed by atoms with van der Waals surface area (Å²) in [5.74, 6) is 0.686. The molecule has 0 fully saturated rings. The molecular formula is C14H15FNO3P. The predicted molar refractivity (Wildman–Crippen MR) is 77.2 cm³/mol. The number of benzene rings is 2. The number of halogens is 1. The van der Waals surface area contributed by atoms with Gasteiger partial charge in [0.2, 0.25) is 0 Å². The number of methoxy groups -OCH3 is 1. The van der Waals surface area contributed by atoms with Gasteiger partial charge in [-0.2, -0.15) is 0 Å². The minimum atomic E-state index is -3.09. The summed E-state index contributed by atoms with van der Waals surface area (Å²) in [4.78, 5) is 0. The van der Waals surface area contributed by atoms with Crippen LogP contribution in [0.3, 0.4) is 0 Å². The van der Waals surface area contributed by atoms with Crippen molar-refractivity contribution in [2.75, 3.05) is 18.9 Å². The average molecular weight is 295 g/mol. The Morgan fingerprint density at radius 3 is 2.10 bits per heavy atom. The summed E-state index contributed by atoms with van der Waals surface area (Å²) in [5.41, 5.74) is 0.652. The van der Waals surface area contributed by atoms with Crippen molar-refractivity contribution < 1.29 is 18.2 Å². The lowest BCUT2D eigenvalue weighted by molar-refractivity contribution is 0.415. The summed E-state index contributed by atoms with van der Waals surface area (Å²) in [7, 11) is -1.51. The molecule has 0 amide bonds. The number of rotatable bonds is 5. The van der Waals surface area contributed by atoms with E-state index in [4.69, 9.17) is 9.26 Å². The van der Waals surface area contributed by atoms with Crippen LogP contribution in [0, 0.1) is 5.82 Å². The summed E-state index contributed by atoms with van der Waals surface area (Å²) in [6, 6.07) is 12.3. The van der Waals surface area contributed by atoms with Gasteiger partial charge in [-0.15, -0.1) is 0 Å². The first-order chi connectivity index (χ1) is 9.48. The fourth-order valence-corrected chi connectivity index (χ4v) is 2.81. The first kappa shape index (κ1) is 14.4. The molecule has 1 unspecified atom stereocenters. The molecule has 0 aliphatic carbocycles. The summed E-state index contributed by atoms with van der Waals surface area (Å²) >= 11 is 0. The number of nitrogens with one attached hydrogen (secondary N) is 1. The maximum absolute atomic E-state index is 12.8. The molecule has 0 heterocycles. The molecule has 0 aliphatic heterocycles. The minimum Gasteiger partial charge on any atom is -0.497 e. The lowest BCUT2D eigenvalue weighted by atomic mass is 10.3. The second-order valence-corrected chi connectivity index (χ2v) is 6.33. The van der Waals surface area contributed by atoms with E-state index in [2.05, 4.69) is 5.09 Å². The van der Waals surface area contributed by atoms with Crippen molar-refractivity contribution in [1.82, 2.24) is 0 Å². The second-order valence-electron chi connectivity index (χ2n) is 4.23. The van der Waals surface area contributed by atoms with Gasteiger partial charge < -0.3 is 14.3 Å². The number of hydrogen-bond donors (Lipinski definition) is 1. The monoisotopic (exact) mass is 295 g/mol. The smallest absolute Gasteiger partial charge is 0.338 e. The van der Waals surface area contributed by atoms with E-state index in [-0.39, 0.29) is 5.82 Å². The molecule has 1 atom stereocenters. The number of hydrogen-bond acceptors (Lipinski definition) is 3. The highest BCUT2D eigenvalue weighted by Gasteiger charge is 2.17. The second kappa shape index (κ2) is 5.97. The molecule has 0 saturated carbocycles. The Kier molecular flexibility index (Phi) is 4.30. The predicted octanol–water partition coefficient (Wildman–Crippen LogP) is 4.15. The van der Waals surface area contributed by atoms with Gasteiger partial charge in [0.1, 0.15) is 17.3 Å². The molecular weight excluding hydrogens is 280 g/mol. The Morgan fingerprint density at radius 1 is 1.00 bits per heavy atom. The zero-order valence-corrected chi connectivity index (χ0v) is 12.1. The van der Waals surface area contributed by atoms with Crippen molar-refractivity contribution in [2.24, 2.45) is 0 Å². The van der Waals surface area contributed by atoms with Crippen LogP contribution in [-0.2, 0) is 4.57 Å². The van der Waals surface area contributed by atoms with E-state index < -0.39 is 7.52 Å². The number of ether oxygens (including phenoxy) is 1. The summed E-state index contributed by atoms with van der Waals surface area (Å²) in [6.45, 7) is 1.46. The van der Waals surface area contributed by atoms with E-state index >= 15 is 0 Å². The van der Waals surface area contributed by atoms with E-state index in [1.807, 2.05) is 0 Å². The Bertz CT molecular complexity index is 613. The molecule has 0 spiro atoms. The third kappa shape index (κ3) is 4.00. The molecule has 6 heteroatoms. The molecule has 0 bridgehead atoms. The molecule has 2 aromatic carbocycles. The van der Waals surface area contributed by atoms with Crippen molar-refractivity contribution in [3.05, 3.63) is 54.3 Å². The van der Waals surface area contributed by atoms with E-state index in [0.29, 0.717) is 17.2 Å². The summed E-state index contributed by atoms with van der Waals surface area (Å²) in [6.07, 6.45) is 0. The summed E-state index contributed by atoms with van der Waals surface area (Å²) < 4.78 is 35.5. The van der Waals surface area contributed by atoms with Crippen LogP contribution < -0.4 is 14.3 Å². The largest absolute Gasteiger partial charge is 0.497 e. The van der Waals surface area contributed by atoms with Gasteiger partial charge in [-0.05, 0) is 48.5 Å². The van der Waals surface area contributed by atoms with Crippen molar-refractivity contribution in [3.63, 3.8) is 0 Å². The van der Waals surface area contributed by atoms with E-state index in [1.54, 1.807) is 31.4 Å². The zero-order chi connectivity index (χ0) is 14.6. The fourth-order valence-electron chi connectivity index (χ4n) is 1.62. The van der Waals surface area contributed by atoms with Crippen molar-refractivity contribution in [3.8, 4) is 11.5 Å². The van der Waals surface area contributed by atoms with Crippen LogP contribution in [0.2, 0.25) is 0 Å². The van der Waals surface area contributed by atoms with Gasteiger partial charge in [0.25, 0.3) is 0 Å². The highest BCUT2D eigenvalue weighted by molar-refractivity contribution is 7.60. The number of anilines is 1. The van der Waals surface area contributed by atoms with Gasteiger partial charge in [-0.25, -0.2) is 4.39 Å². The maximum Gasteiger partial charge on any atom is 0.338 e. The van der Waals surface area contributed by atoms with Crippen LogP contribution >= 0.6 is 7.52 Å². The van der Waals surface area contributed by atoms with Crippen LogP contribution in [0.5, 0.6) is 11.5 Å². The Morgan fingerprint density at radius 2 is 1.55 bits per heavy atom. The zero-order valence-electron chi connectivity index (χ0n) is 11.2. The third-order valence-electron chi connectivity index (χ3n) is 2.52. The molecule has 1 N–H and O–H groups in total. The van der Waals surface area contributed by atoms with Gasteiger partial charge in [0.05, 0.1) is 7.11 Å². The third-order valence-corrected chi connectivity index (χ3v) is 3.74. The van der Waals surface area contributed by atoms with E-state index in [0.717, 1.165) is 0 Å². The van der Waals surface area contributed by atoms with Crippen molar-refractivity contribution >= 4 is 13.2 Å². The van der Waals surface area contributed by atoms with Gasteiger partial charge in [-0.1, -0.05) is 0 Å². The molecule has 0 saturated heterocycles. The molecule has 106 valence electrons. The Balaban J connectivity index is 2.06.